The maximum absolute atomic E-state index is 13.6. The second-order valence-electron chi connectivity index (χ2n) is 8.58. The number of amides is 1. The molecule has 1 saturated carbocycles. The number of fused-ring (bicyclic) bond motifs is 9. The van der Waals surface area contributed by atoms with Gasteiger partial charge < -0.3 is 5.32 Å². The molecule has 1 aromatic heterocycles. The third kappa shape index (κ3) is 2.05. The van der Waals surface area contributed by atoms with Gasteiger partial charge in [-0.2, -0.15) is 11.1 Å². The van der Waals surface area contributed by atoms with Crippen molar-refractivity contribution in [3.8, 4) is 0 Å². The first-order valence-electron chi connectivity index (χ1n) is 10.0. The molecule has 1 aromatic rings. The average Bonchev–Trinajstić information content (AvgIpc) is 3.26. The Labute approximate surface area is 157 Å². The van der Waals surface area contributed by atoms with Crippen LogP contribution in [0.2, 0.25) is 0 Å². The molecular formula is C18H26N6OS. The minimum atomic E-state index is 0.0586. The lowest BCUT2D eigenvalue weighted by Gasteiger charge is -2.54. The number of anilines is 1. The van der Waals surface area contributed by atoms with E-state index < -0.39 is 0 Å². The van der Waals surface area contributed by atoms with Gasteiger partial charge in [0.25, 0.3) is 5.91 Å². The Balaban J connectivity index is 1.44. The number of thiophene rings is 1. The second-order valence-corrected chi connectivity index (χ2v) is 9.68. The molecule has 5 atom stereocenters. The quantitative estimate of drug-likeness (QED) is 0.557. The van der Waals surface area contributed by atoms with E-state index in [2.05, 4.69) is 28.7 Å². The summed E-state index contributed by atoms with van der Waals surface area (Å²) >= 11 is 1.84. The van der Waals surface area contributed by atoms with Gasteiger partial charge in [-0.15, -0.1) is 16.5 Å². The lowest BCUT2D eigenvalue weighted by atomic mass is 9.74. The fourth-order valence-corrected chi connectivity index (χ4v) is 7.21. The van der Waals surface area contributed by atoms with Crippen LogP contribution in [0.15, 0.2) is 0 Å². The van der Waals surface area contributed by atoms with Crippen LogP contribution in [0.25, 0.3) is 0 Å². The number of hydrogen-bond acceptors (Lipinski definition) is 7. The Morgan fingerprint density at radius 3 is 2.77 bits per heavy atom. The number of rotatable bonds is 0. The topological polar surface area (TPSA) is 71.7 Å². The van der Waals surface area contributed by atoms with Crippen molar-refractivity contribution in [1.29, 1.82) is 0 Å². The van der Waals surface area contributed by atoms with Crippen molar-refractivity contribution in [3.63, 3.8) is 0 Å². The molecule has 2 aliphatic carbocycles. The highest BCUT2D eigenvalue weighted by molar-refractivity contribution is 7.16. The van der Waals surface area contributed by atoms with Gasteiger partial charge in [-0.25, -0.2) is 10.4 Å². The molecule has 0 radical (unpaired) electrons. The zero-order valence-electron chi connectivity index (χ0n) is 15.0. The van der Waals surface area contributed by atoms with Crippen LogP contribution in [0, 0.1) is 17.8 Å². The highest BCUT2D eigenvalue weighted by Crippen LogP contribution is 2.48. The molecule has 0 spiro atoms. The summed E-state index contributed by atoms with van der Waals surface area (Å²) in [7, 11) is 0. The van der Waals surface area contributed by atoms with Gasteiger partial charge in [0.15, 0.2) is 0 Å². The summed E-state index contributed by atoms with van der Waals surface area (Å²) in [6.07, 6.45) is 8.49. The molecule has 1 amide bonds. The van der Waals surface area contributed by atoms with Crippen molar-refractivity contribution in [2.24, 2.45) is 17.8 Å². The van der Waals surface area contributed by atoms with Gasteiger partial charge in [-0.1, -0.05) is 19.8 Å². The molecule has 4 N–H and O–H groups in total. The van der Waals surface area contributed by atoms with Crippen LogP contribution in [-0.2, 0) is 12.8 Å². The molecule has 8 heteroatoms. The van der Waals surface area contributed by atoms with Gasteiger partial charge in [-0.3, -0.25) is 4.79 Å². The highest BCUT2D eigenvalue weighted by Gasteiger charge is 2.55. The maximum Gasteiger partial charge on any atom is 0.274 e. The first-order valence-corrected chi connectivity index (χ1v) is 10.8. The largest absolute Gasteiger partial charge is 0.355 e. The summed E-state index contributed by atoms with van der Waals surface area (Å²) in [4.78, 5) is 15.1. The predicted molar refractivity (Wildman–Crippen MR) is 99.6 cm³/mol. The third-order valence-electron chi connectivity index (χ3n) is 7.05. The Bertz CT molecular complexity index is 765. The van der Waals surface area contributed by atoms with Gasteiger partial charge in [0, 0.05) is 10.8 Å². The van der Waals surface area contributed by atoms with Crippen molar-refractivity contribution < 1.29 is 4.79 Å². The highest BCUT2D eigenvalue weighted by atomic mass is 32.1. The third-order valence-corrected chi connectivity index (χ3v) is 8.23. The fourth-order valence-electron chi connectivity index (χ4n) is 5.78. The number of hydrogen-bond donors (Lipinski definition) is 4. The van der Waals surface area contributed by atoms with Crippen molar-refractivity contribution >= 4 is 22.2 Å². The van der Waals surface area contributed by atoms with E-state index in [9.17, 15) is 4.79 Å². The fraction of sp³-hybridized carbons (Fsp3) is 0.722. The molecule has 3 aliphatic heterocycles. The zero-order chi connectivity index (χ0) is 17.4. The monoisotopic (exact) mass is 374 g/mol. The van der Waals surface area contributed by atoms with Crippen LogP contribution in [0.3, 0.4) is 0 Å². The van der Waals surface area contributed by atoms with Gasteiger partial charge >= 0.3 is 0 Å². The van der Waals surface area contributed by atoms with E-state index in [1.807, 2.05) is 21.5 Å². The second kappa shape index (κ2) is 5.65. The minimum absolute atomic E-state index is 0.0586. The van der Waals surface area contributed by atoms with Gasteiger partial charge in [-0.05, 0) is 49.5 Å². The lowest BCUT2D eigenvalue weighted by molar-refractivity contribution is -0.157. The summed E-state index contributed by atoms with van der Waals surface area (Å²) < 4.78 is 0. The molecule has 6 rings (SSSR count). The first kappa shape index (κ1) is 15.8. The number of carbonyl (C=O) groups excluding carboxylic acids is 1. The van der Waals surface area contributed by atoms with Crippen molar-refractivity contribution in [3.05, 3.63) is 16.0 Å². The Kier molecular flexibility index (Phi) is 3.44. The van der Waals surface area contributed by atoms with E-state index in [-0.39, 0.29) is 18.2 Å². The smallest absolute Gasteiger partial charge is 0.274 e. The van der Waals surface area contributed by atoms with Crippen LogP contribution in [0.5, 0.6) is 0 Å². The van der Waals surface area contributed by atoms with E-state index in [1.54, 1.807) is 0 Å². The SMILES string of the molecule is C[C@H]1CCc2c(sc3c2C(=O)N2C(N3)C3CCCCC3C3NNNN32)C1. The molecule has 26 heavy (non-hydrogen) atoms. The molecule has 2 saturated heterocycles. The van der Waals surface area contributed by atoms with E-state index in [0.29, 0.717) is 11.8 Å². The van der Waals surface area contributed by atoms with Crippen LogP contribution >= 0.6 is 11.3 Å². The summed E-state index contributed by atoms with van der Waals surface area (Å²) in [6, 6.07) is 0. The molecule has 4 unspecified atom stereocenters. The van der Waals surface area contributed by atoms with Crippen LogP contribution in [-0.4, -0.2) is 28.4 Å². The van der Waals surface area contributed by atoms with E-state index in [1.165, 1.54) is 42.5 Å². The summed E-state index contributed by atoms with van der Waals surface area (Å²) in [5, 5.41) is 8.88. The van der Waals surface area contributed by atoms with Crippen LogP contribution in [0.1, 0.15) is 59.8 Å². The summed E-state index contributed by atoms with van der Waals surface area (Å²) in [6.45, 7) is 2.32. The molecule has 3 fully saturated rings. The van der Waals surface area contributed by atoms with E-state index >= 15 is 0 Å². The summed E-state index contributed by atoms with van der Waals surface area (Å²) in [5.74, 6) is 1.93. The molecule has 5 aliphatic rings. The number of nitrogens with zero attached hydrogens (tertiary/aromatic N) is 2. The summed E-state index contributed by atoms with van der Waals surface area (Å²) in [5.41, 5.74) is 11.8. The number of nitrogens with one attached hydrogen (secondary N) is 4. The molecule has 140 valence electrons. The molecule has 0 bridgehead atoms. The average molecular weight is 375 g/mol. The number of hydrazine groups is 4. The Morgan fingerprint density at radius 2 is 1.92 bits per heavy atom. The van der Waals surface area contributed by atoms with Crippen LogP contribution < -0.4 is 21.8 Å². The van der Waals surface area contributed by atoms with E-state index in [0.717, 1.165) is 29.3 Å². The van der Waals surface area contributed by atoms with Gasteiger partial charge in [0.2, 0.25) is 0 Å². The van der Waals surface area contributed by atoms with Crippen molar-refractivity contribution in [2.45, 2.75) is 64.2 Å². The van der Waals surface area contributed by atoms with Crippen molar-refractivity contribution in [2.75, 3.05) is 5.32 Å². The minimum Gasteiger partial charge on any atom is -0.355 e. The standard InChI is InChI=1S/C18H26N6OS/c1-9-6-7-12-13(8-9)26-17-14(12)18(25)23-15(19-17)10-4-2-3-5-11(10)16-20-21-22-24(16)23/h9-11,15-16,19-22H,2-8H2,1H3/t9-,10?,11?,15?,16?/m0/s1. The van der Waals surface area contributed by atoms with Crippen molar-refractivity contribution in [1.82, 2.24) is 26.6 Å². The van der Waals surface area contributed by atoms with E-state index in [4.69, 9.17) is 0 Å². The lowest BCUT2D eigenvalue weighted by Crippen LogP contribution is -2.71. The van der Waals surface area contributed by atoms with Gasteiger partial charge in [0.1, 0.15) is 17.3 Å². The maximum atomic E-state index is 13.6. The van der Waals surface area contributed by atoms with Gasteiger partial charge in [0.05, 0.1) is 5.56 Å². The Hall–Kier alpha value is -1.19. The predicted octanol–water partition coefficient (Wildman–Crippen LogP) is 1.96. The molecule has 4 heterocycles. The molecular weight excluding hydrogens is 348 g/mol. The molecule has 0 aromatic carbocycles. The Morgan fingerprint density at radius 1 is 1.12 bits per heavy atom. The number of carbonyl (C=O) groups is 1. The first-order chi connectivity index (χ1) is 12.7. The normalized spacial score (nSPS) is 38.7. The van der Waals surface area contributed by atoms with Crippen LogP contribution in [0.4, 0.5) is 5.00 Å². The zero-order valence-corrected chi connectivity index (χ0v) is 15.9. The molecule has 7 nitrogen and oxygen atoms in total.